The number of carbonyl (C=O) groups is 4. The molecule has 238 valence electrons. The number of guanidine groups is 1. The van der Waals surface area contributed by atoms with E-state index in [0.717, 1.165) is 0 Å². The van der Waals surface area contributed by atoms with E-state index in [9.17, 15) is 37.8 Å². The number of carboxylic acids is 2. The molecule has 0 aliphatic heterocycles. The summed E-state index contributed by atoms with van der Waals surface area (Å²) < 4.78 is 35.0. The highest BCUT2D eigenvalue weighted by atomic mass is 32.2. The second-order valence-electron chi connectivity index (χ2n) is 10.2. The number of anilines is 1. The van der Waals surface area contributed by atoms with Crippen LogP contribution < -0.4 is 20.5 Å². The Morgan fingerprint density at radius 3 is 2.13 bits per heavy atom. The van der Waals surface area contributed by atoms with E-state index in [4.69, 9.17) is 15.9 Å². The van der Waals surface area contributed by atoms with Crippen molar-refractivity contribution in [2.24, 2.45) is 11.7 Å². The minimum absolute atomic E-state index is 0.169. The van der Waals surface area contributed by atoms with Gasteiger partial charge in [-0.1, -0.05) is 44.2 Å². The molecule has 0 heterocycles. The Bertz CT molecular complexity index is 1670. The van der Waals surface area contributed by atoms with Crippen LogP contribution in [0.25, 0.3) is 0 Å². The van der Waals surface area contributed by atoms with Gasteiger partial charge in [0.1, 0.15) is 11.8 Å². The van der Waals surface area contributed by atoms with Crippen LogP contribution in [0.2, 0.25) is 0 Å². The molecule has 0 amide bonds. The Labute approximate surface area is 259 Å². The lowest BCUT2D eigenvalue weighted by Crippen LogP contribution is -2.50. The molecule has 0 radical (unpaired) electrons. The van der Waals surface area contributed by atoms with Crippen LogP contribution in [0.1, 0.15) is 52.1 Å². The van der Waals surface area contributed by atoms with Gasteiger partial charge in [0.05, 0.1) is 12.0 Å². The number of hydrogen-bond donors (Lipinski definition) is 6. The van der Waals surface area contributed by atoms with Crippen molar-refractivity contribution in [1.82, 2.24) is 9.03 Å². The van der Waals surface area contributed by atoms with Crippen molar-refractivity contribution in [3.8, 4) is 5.75 Å². The Balaban J connectivity index is 1.75. The van der Waals surface area contributed by atoms with Crippen molar-refractivity contribution >= 4 is 45.5 Å². The molecule has 14 nitrogen and oxygen atoms in total. The number of Topliss-reactive ketones (excluding diaryl/α,β-unsaturated/α-hetero) is 1. The minimum Gasteiger partial charge on any atom is -0.481 e. The summed E-state index contributed by atoms with van der Waals surface area (Å²) in [7, 11) is -4.59. The third kappa shape index (κ3) is 9.96. The molecule has 0 aliphatic carbocycles. The van der Waals surface area contributed by atoms with Crippen LogP contribution in [-0.2, 0) is 32.9 Å². The molecule has 45 heavy (non-hydrogen) atoms. The molecule has 3 rings (SSSR count). The number of nitrogens with zero attached hydrogens (tertiary/aromatic N) is 1. The molecule has 0 saturated heterocycles. The first-order valence-corrected chi connectivity index (χ1v) is 15.0. The van der Waals surface area contributed by atoms with E-state index in [2.05, 4.69) is 10.0 Å². The fourth-order valence-corrected chi connectivity index (χ4v) is 5.45. The quantitative estimate of drug-likeness (QED) is 0.0465. The van der Waals surface area contributed by atoms with Crippen molar-refractivity contribution in [3.05, 3.63) is 95.1 Å². The third-order valence-electron chi connectivity index (χ3n) is 6.38. The number of nitrogens with two attached hydrogens (primary N) is 1. The number of aliphatic carboxylic acids is 2. The highest BCUT2D eigenvalue weighted by molar-refractivity contribution is 7.87. The number of nitrogens with one attached hydrogen (secondary N) is 3. The van der Waals surface area contributed by atoms with E-state index in [-0.39, 0.29) is 35.5 Å². The smallest absolute Gasteiger partial charge is 0.343 e. The first-order chi connectivity index (χ1) is 21.2. The monoisotopic (exact) mass is 639 g/mol. The van der Waals surface area contributed by atoms with Crippen LogP contribution in [0.15, 0.2) is 72.8 Å². The van der Waals surface area contributed by atoms with Crippen LogP contribution in [0.5, 0.6) is 5.75 Å². The van der Waals surface area contributed by atoms with Gasteiger partial charge in [0.25, 0.3) is 10.2 Å². The topological polar surface area (TPSA) is 229 Å². The van der Waals surface area contributed by atoms with Crippen LogP contribution >= 0.6 is 0 Å². The number of ketones is 1. The number of esters is 1. The lowest BCUT2D eigenvalue weighted by atomic mass is 9.99. The maximum Gasteiger partial charge on any atom is 0.343 e. The Morgan fingerprint density at radius 2 is 1.58 bits per heavy atom. The minimum atomic E-state index is -4.59. The zero-order chi connectivity index (χ0) is 33.3. The molecular formula is C30H33N5O9S. The summed E-state index contributed by atoms with van der Waals surface area (Å²) in [6.07, 6.45) is -1.00. The molecule has 3 aromatic rings. The number of rotatable bonds is 15. The molecule has 1 atom stereocenters. The maximum atomic E-state index is 13.4. The van der Waals surface area contributed by atoms with Gasteiger partial charge in [-0.05, 0) is 53.6 Å². The lowest BCUT2D eigenvalue weighted by molar-refractivity contribution is -0.148. The standard InChI is InChI=1S/C30H33N5O9S/c1-18(2)27(38)22-5-3-4-20(14-22)17-35(25(28(39)40)15-26(36)37)45(42,43)33-16-19-6-12-24(13-7-19)44-29(41)21-8-10-23(11-9-21)34-30(31)32/h3-14,18,25,33H,15-17H2,1-2H3,(H,36,37)(H,39,40)(H4,31,32,34)/t25-/m0/s1. The van der Waals surface area contributed by atoms with Gasteiger partial charge in [0.15, 0.2) is 11.7 Å². The Morgan fingerprint density at radius 1 is 0.933 bits per heavy atom. The average Bonchev–Trinajstić information content (AvgIpc) is 2.98. The predicted molar refractivity (Wildman–Crippen MR) is 164 cm³/mol. The van der Waals surface area contributed by atoms with Gasteiger partial charge in [-0.2, -0.15) is 17.4 Å². The van der Waals surface area contributed by atoms with Gasteiger partial charge in [0.2, 0.25) is 0 Å². The molecule has 0 aliphatic rings. The van der Waals surface area contributed by atoms with Crippen LogP contribution in [-0.4, -0.2) is 58.6 Å². The summed E-state index contributed by atoms with van der Waals surface area (Å²) in [6, 6.07) is 16.0. The number of ether oxygens (including phenoxy) is 1. The van der Waals surface area contributed by atoms with Gasteiger partial charge in [-0.15, -0.1) is 0 Å². The number of hydrogen-bond acceptors (Lipinski definition) is 8. The zero-order valence-corrected chi connectivity index (χ0v) is 25.2. The number of carbonyl (C=O) groups excluding carboxylic acids is 2. The Kier molecular flexibility index (Phi) is 11.5. The van der Waals surface area contributed by atoms with Crippen LogP contribution in [0.3, 0.4) is 0 Å². The molecule has 15 heteroatoms. The van der Waals surface area contributed by atoms with Gasteiger partial charge < -0.3 is 26.0 Å². The average molecular weight is 640 g/mol. The molecule has 0 bridgehead atoms. The summed E-state index contributed by atoms with van der Waals surface area (Å²) in [5.41, 5.74) is 7.04. The molecule has 0 aromatic heterocycles. The number of benzene rings is 3. The first kappa shape index (κ1) is 34.4. The molecule has 0 fully saturated rings. The van der Waals surface area contributed by atoms with E-state index in [1.807, 2.05) is 0 Å². The van der Waals surface area contributed by atoms with E-state index in [1.165, 1.54) is 54.6 Å². The van der Waals surface area contributed by atoms with Gasteiger partial charge in [-0.3, -0.25) is 19.8 Å². The second kappa shape index (κ2) is 15.1. The second-order valence-corrected chi connectivity index (χ2v) is 11.9. The molecule has 7 N–H and O–H groups in total. The van der Waals surface area contributed by atoms with Gasteiger partial charge in [0, 0.05) is 30.3 Å². The fraction of sp³-hybridized carbons (Fsp3) is 0.233. The summed E-state index contributed by atoms with van der Waals surface area (Å²) in [6.45, 7) is 2.59. The molecule has 0 unspecified atom stereocenters. The predicted octanol–water partition coefficient (Wildman–Crippen LogP) is 2.81. The van der Waals surface area contributed by atoms with Crippen molar-refractivity contribution < 1.29 is 42.5 Å². The van der Waals surface area contributed by atoms with Crippen molar-refractivity contribution in [1.29, 1.82) is 5.41 Å². The Hall–Kier alpha value is -5.12. The van der Waals surface area contributed by atoms with Crippen LogP contribution in [0.4, 0.5) is 5.69 Å². The van der Waals surface area contributed by atoms with Crippen molar-refractivity contribution in [3.63, 3.8) is 0 Å². The highest BCUT2D eigenvalue weighted by Crippen LogP contribution is 2.20. The molecule has 0 spiro atoms. The lowest BCUT2D eigenvalue weighted by Gasteiger charge is -2.27. The molecule has 3 aromatic carbocycles. The SMILES string of the molecule is CC(C)C(=O)c1cccc(CN([C@@H](CC(=O)O)C(=O)O)S(=O)(=O)NCc2ccc(OC(=O)c3ccc(NC(=N)N)cc3)cc2)c1. The van der Waals surface area contributed by atoms with E-state index in [1.54, 1.807) is 32.0 Å². The normalized spacial score (nSPS) is 12.0. The maximum absolute atomic E-state index is 13.4. The summed E-state index contributed by atoms with van der Waals surface area (Å²) in [5, 5.41) is 28.9. The summed E-state index contributed by atoms with van der Waals surface area (Å²) in [4.78, 5) is 48.4. The molecular weight excluding hydrogens is 606 g/mol. The third-order valence-corrected chi connectivity index (χ3v) is 7.89. The fourth-order valence-electron chi connectivity index (χ4n) is 4.12. The van der Waals surface area contributed by atoms with E-state index < -0.39 is 47.1 Å². The zero-order valence-electron chi connectivity index (χ0n) is 24.4. The summed E-state index contributed by atoms with van der Waals surface area (Å²) in [5.74, 6) is -4.45. The van der Waals surface area contributed by atoms with E-state index >= 15 is 0 Å². The van der Waals surface area contributed by atoms with Crippen LogP contribution in [0, 0.1) is 11.3 Å². The van der Waals surface area contributed by atoms with Gasteiger partial charge in [-0.25, -0.2) is 4.79 Å². The highest BCUT2D eigenvalue weighted by Gasteiger charge is 2.36. The molecule has 0 saturated carbocycles. The van der Waals surface area contributed by atoms with E-state index in [0.29, 0.717) is 26.7 Å². The van der Waals surface area contributed by atoms with Crippen molar-refractivity contribution in [2.45, 2.75) is 39.4 Å². The number of carboxylic acid groups (broad SMARTS) is 2. The first-order valence-electron chi connectivity index (χ1n) is 13.5. The van der Waals surface area contributed by atoms with Crippen molar-refractivity contribution in [2.75, 3.05) is 5.32 Å². The summed E-state index contributed by atoms with van der Waals surface area (Å²) >= 11 is 0. The largest absolute Gasteiger partial charge is 0.481 e. The van der Waals surface area contributed by atoms with Gasteiger partial charge >= 0.3 is 17.9 Å².